The maximum atomic E-state index is 12.6. The Kier molecular flexibility index (Phi) is 5.38. The van der Waals surface area contributed by atoms with Gasteiger partial charge in [0, 0.05) is 18.2 Å². The van der Waals surface area contributed by atoms with Crippen molar-refractivity contribution in [1.82, 2.24) is 9.78 Å². The summed E-state index contributed by atoms with van der Waals surface area (Å²) in [4.78, 5) is 22.8. The second kappa shape index (κ2) is 7.90. The van der Waals surface area contributed by atoms with Crippen LogP contribution >= 0.6 is 11.6 Å². The molecule has 140 valence electrons. The van der Waals surface area contributed by atoms with E-state index in [1.54, 1.807) is 12.1 Å². The number of non-ortho nitro benzene ring substituents is 1. The Balaban J connectivity index is 1.86. The van der Waals surface area contributed by atoms with Gasteiger partial charge in [0.25, 0.3) is 11.2 Å². The zero-order valence-corrected chi connectivity index (χ0v) is 15.4. The van der Waals surface area contributed by atoms with Gasteiger partial charge in [0.1, 0.15) is 5.02 Å². The lowest BCUT2D eigenvalue weighted by molar-refractivity contribution is -0.384. The third-order valence-electron chi connectivity index (χ3n) is 4.14. The largest absolute Gasteiger partial charge is 0.376 e. The fourth-order valence-electron chi connectivity index (χ4n) is 2.60. The van der Waals surface area contributed by atoms with E-state index >= 15 is 0 Å². The third kappa shape index (κ3) is 3.84. The summed E-state index contributed by atoms with van der Waals surface area (Å²) >= 11 is 6.22. The van der Waals surface area contributed by atoms with Crippen molar-refractivity contribution in [3.8, 4) is 11.8 Å². The third-order valence-corrected chi connectivity index (χ3v) is 4.50. The molecule has 0 radical (unpaired) electrons. The molecule has 3 rings (SSSR count). The number of halogens is 1. The molecule has 3 aromatic rings. The highest BCUT2D eigenvalue weighted by molar-refractivity contribution is 6.33. The van der Waals surface area contributed by atoms with Gasteiger partial charge in [-0.2, -0.15) is 15.0 Å². The minimum absolute atomic E-state index is 0.0474. The number of aromatic nitrogens is 2. The van der Waals surface area contributed by atoms with E-state index in [0.717, 1.165) is 10.2 Å². The van der Waals surface area contributed by atoms with Crippen LogP contribution in [0.5, 0.6) is 0 Å². The molecule has 0 saturated heterocycles. The number of rotatable bonds is 5. The van der Waals surface area contributed by atoms with Gasteiger partial charge in [0.2, 0.25) is 0 Å². The van der Waals surface area contributed by atoms with E-state index in [4.69, 9.17) is 16.9 Å². The molecular weight excluding hydrogens is 382 g/mol. The number of hydrogen-bond acceptors (Lipinski definition) is 6. The van der Waals surface area contributed by atoms with E-state index in [1.165, 1.54) is 30.5 Å². The van der Waals surface area contributed by atoms with Crippen molar-refractivity contribution in [1.29, 1.82) is 5.26 Å². The van der Waals surface area contributed by atoms with Gasteiger partial charge in [0.15, 0.2) is 0 Å². The first-order valence-electron chi connectivity index (χ1n) is 8.20. The summed E-state index contributed by atoms with van der Waals surface area (Å²) in [5.41, 5.74) is 1.56. The molecule has 1 aromatic heterocycles. The van der Waals surface area contributed by atoms with Crippen LogP contribution in [0.2, 0.25) is 5.02 Å². The average Bonchev–Trinajstić information content (AvgIpc) is 2.71. The lowest BCUT2D eigenvalue weighted by Crippen LogP contribution is -2.23. The topological polar surface area (TPSA) is 114 Å². The van der Waals surface area contributed by atoms with Gasteiger partial charge in [-0.25, -0.2) is 0 Å². The zero-order valence-electron chi connectivity index (χ0n) is 14.7. The summed E-state index contributed by atoms with van der Waals surface area (Å²) in [7, 11) is 0. The van der Waals surface area contributed by atoms with Crippen LogP contribution in [0, 0.1) is 21.4 Å². The minimum atomic E-state index is -0.549. The molecule has 0 aliphatic carbocycles. The van der Waals surface area contributed by atoms with Crippen LogP contribution in [0.3, 0.4) is 0 Å². The number of nitro groups is 1. The zero-order chi connectivity index (χ0) is 20.3. The SMILES string of the molecule is CC(Nc1cnn(-c2ccc([N+](=O)[O-])cc2)c(=O)c1Cl)c1ccc(C#N)cc1. The van der Waals surface area contributed by atoms with E-state index in [9.17, 15) is 14.9 Å². The van der Waals surface area contributed by atoms with Gasteiger partial charge in [-0.05, 0) is 36.8 Å². The highest BCUT2D eigenvalue weighted by Gasteiger charge is 2.14. The molecule has 1 heterocycles. The van der Waals surface area contributed by atoms with Crippen molar-refractivity contribution < 1.29 is 4.92 Å². The lowest BCUT2D eigenvalue weighted by atomic mass is 10.1. The lowest BCUT2D eigenvalue weighted by Gasteiger charge is -2.17. The summed E-state index contributed by atoms with van der Waals surface area (Å²) < 4.78 is 1.07. The fourth-order valence-corrected chi connectivity index (χ4v) is 2.78. The quantitative estimate of drug-likeness (QED) is 0.518. The minimum Gasteiger partial charge on any atom is -0.376 e. The Bertz CT molecular complexity index is 1120. The Morgan fingerprint density at radius 1 is 1.21 bits per heavy atom. The average molecular weight is 396 g/mol. The smallest absolute Gasteiger partial charge is 0.292 e. The molecule has 1 N–H and O–H groups in total. The predicted molar refractivity (Wildman–Crippen MR) is 105 cm³/mol. The van der Waals surface area contributed by atoms with Crippen LogP contribution in [-0.2, 0) is 0 Å². The van der Waals surface area contributed by atoms with Crippen molar-refractivity contribution >= 4 is 23.0 Å². The molecule has 1 unspecified atom stereocenters. The van der Waals surface area contributed by atoms with E-state index in [0.29, 0.717) is 16.9 Å². The summed E-state index contributed by atoms with van der Waals surface area (Å²) in [5.74, 6) is 0. The summed E-state index contributed by atoms with van der Waals surface area (Å²) in [6.07, 6.45) is 1.42. The second-order valence-corrected chi connectivity index (χ2v) is 6.34. The molecule has 1 atom stereocenters. The molecule has 0 bridgehead atoms. The van der Waals surface area contributed by atoms with Crippen molar-refractivity contribution in [3.63, 3.8) is 0 Å². The maximum Gasteiger partial charge on any atom is 0.292 e. The van der Waals surface area contributed by atoms with E-state index in [-0.39, 0.29) is 16.8 Å². The number of hydrogen-bond donors (Lipinski definition) is 1. The molecule has 28 heavy (non-hydrogen) atoms. The van der Waals surface area contributed by atoms with Gasteiger partial charge >= 0.3 is 0 Å². The van der Waals surface area contributed by atoms with Crippen LogP contribution in [0.25, 0.3) is 5.69 Å². The number of benzene rings is 2. The monoisotopic (exact) mass is 395 g/mol. The first kappa shape index (κ1) is 19.1. The van der Waals surface area contributed by atoms with Gasteiger partial charge < -0.3 is 5.32 Å². The summed E-state index contributed by atoms with van der Waals surface area (Å²) in [5, 5.41) is 26.8. The van der Waals surface area contributed by atoms with Crippen LogP contribution in [0.15, 0.2) is 59.5 Å². The molecule has 0 saturated carbocycles. The van der Waals surface area contributed by atoms with Gasteiger partial charge in [-0.1, -0.05) is 23.7 Å². The molecule has 8 nitrogen and oxygen atoms in total. The van der Waals surface area contributed by atoms with Crippen molar-refractivity contribution in [2.45, 2.75) is 13.0 Å². The highest BCUT2D eigenvalue weighted by atomic mass is 35.5. The maximum absolute atomic E-state index is 12.6. The number of nitro benzene ring substituents is 1. The van der Waals surface area contributed by atoms with Crippen LogP contribution in [0.1, 0.15) is 24.1 Å². The Morgan fingerprint density at radius 2 is 1.86 bits per heavy atom. The molecule has 2 aromatic carbocycles. The molecule has 0 amide bonds. The molecule has 0 spiro atoms. The number of nitrogens with zero attached hydrogens (tertiary/aromatic N) is 4. The number of nitriles is 1. The molecule has 0 aliphatic rings. The van der Waals surface area contributed by atoms with Gasteiger partial charge in [0.05, 0.1) is 34.1 Å². The van der Waals surface area contributed by atoms with Crippen LogP contribution < -0.4 is 10.9 Å². The number of nitrogens with one attached hydrogen (secondary N) is 1. The summed E-state index contributed by atoms with van der Waals surface area (Å²) in [6.45, 7) is 1.89. The molecule has 0 aliphatic heterocycles. The van der Waals surface area contributed by atoms with E-state index in [2.05, 4.69) is 16.5 Å². The van der Waals surface area contributed by atoms with E-state index in [1.807, 2.05) is 19.1 Å². The highest BCUT2D eigenvalue weighted by Crippen LogP contribution is 2.24. The predicted octanol–water partition coefficient (Wildman–Crippen LogP) is 3.84. The van der Waals surface area contributed by atoms with Crippen molar-refractivity contribution in [3.05, 3.63) is 91.3 Å². The van der Waals surface area contributed by atoms with Crippen LogP contribution in [-0.4, -0.2) is 14.7 Å². The molecule has 0 fully saturated rings. The molecule has 9 heteroatoms. The normalized spacial score (nSPS) is 11.5. The standard InChI is InChI=1S/C19H14ClN5O3/c1-12(14-4-2-13(10-21)3-5-14)23-17-11-22-24(19(26)18(17)20)15-6-8-16(9-7-15)25(27)28/h2-9,11-12,23H,1H3. The first-order valence-corrected chi connectivity index (χ1v) is 8.57. The summed E-state index contributed by atoms with van der Waals surface area (Å²) in [6, 6.07) is 14.4. The number of anilines is 1. The fraction of sp³-hybridized carbons (Fsp3) is 0.105. The van der Waals surface area contributed by atoms with Crippen molar-refractivity contribution in [2.24, 2.45) is 0 Å². The Hall–Kier alpha value is -3.70. The second-order valence-electron chi connectivity index (χ2n) is 5.96. The Morgan fingerprint density at radius 3 is 2.43 bits per heavy atom. The van der Waals surface area contributed by atoms with Crippen molar-refractivity contribution in [2.75, 3.05) is 5.32 Å². The Labute approximate surface area is 164 Å². The molecular formula is C19H14ClN5O3. The first-order chi connectivity index (χ1) is 13.4. The van der Waals surface area contributed by atoms with E-state index < -0.39 is 10.5 Å². The van der Waals surface area contributed by atoms with Gasteiger partial charge in [-0.3, -0.25) is 14.9 Å². The van der Waals surface area contributed by atoms with Crippen LogP contribution in [0.4, 0.5) is 11.4 Å². The van der Waals surface area contributed by atoms with Gasteiger partial charge in [-0.15, -0.1) is 0 Å².